The van der Waals surface area contributed by atoms with Crippen LogP contribution in [-0.4, -0.2) is 42.0 Å². The Morgan fingerprint density at radius 3 is 2.33 bits per heavy atom. The third-order valence-electron chi connectivity index (χ3n) is 4.62. The standard InChI is InChI=1S/C20H29N3O4/c1-20(2,3)27-19(25)23-17-11-16(17)21-14-9-15(10-14)22-18(24)26-12-13-7-5-4-6-8-13/h4-8,14-17,21H,9-12H2,1-3H3,(H,22,24)(H,23,25). The molecule has 0 heterocycles. The van der Waals surface area contributed by atoms with E-state index in [-0.39, 0.29) is 36.9 Å². The maximum Gasteiger partial charge on any atom is 0.407 e. The Kier molecular flexibility index (Phi) is 5.89. The SMILES string of the molecule is CC(C)(C)OC(=O)NC1CC1NC1CC(NC(=O)OCc2ccccc2)C1. The van der Waals surface area contributed by atoms with E-state index in [4.69, 9.17) is 9.47 Å². The topological polar surface area (TPSA) is 88.7 Å². The summed E-state index contributed by atoms with van der Waals surface area (Å²) in [5.41, 5.74) is 0.488. The van der Waals surface area contributed by atoms with Gasteiger partial charge >= 0.3 is 12.2 Å². The summed E-state index contributed by atoms with van der Waals surface area (Å²) in [6, 6.07) is 10.5. The molecule has 7 nitrogen and oxygen atoms in total. The third-order valence-corrected chi connectivity index (χ3v) is 4.62. The van der Waals surface area contributed by atoms with Crippen molar-refractivity contribution in [2.24, 2.45) is 0 Å². The van der Waals surface area contributed by atoms with Crippen LogP contribution >= 0.6 is 0 Å². The molecule has 3 N–H and O–H groups in total. The predicted octanol–water partition coefficient (Wildman–Crippen LogP) is 2.70. The van der Waals surface area contributed by atoms with Crippen molar-refractivity contribution in [3.8, 4) is 0 Å². The molecule has 2 aliphatic rings. The van der Waals surface area contributed by atoms with Crippen LogP contribution in [-0.2, 0) is 16.1 Å². The molecular formula is C20H29N3O4. The lowest BCUT2D eigenvalue weighted by Gasteiger charge is -2.36. The molecule has 148 valence electrons. The molecule has 2 amide bonds. The van der Waals surface area contributed by atoms with Crippen molar-refractivity contribution in [1.82, 2.24) is 16.0 Å². The van der Waals surface area contributed by atoms with E-state index in [1.54, 1.807) is 0 Å². The van der Waals surface area contributed by atoms with Crippen LogP contribution in [0.1, 0.15) is 45.6 Å². The second kappa shape index (κ2) is 8.17. The highest BCUT2D eigenvalue weighted by atomic mass is 16.6. The van der Waals surface area contributed by atoms with Crippen LogP contribution in [0.4, 0.5) is 9.59 Å². The van der Waals surface area contributed by atoms with E-state index in [2.05, 4.69) is 16.0 Å². The van der Waals surface area contributed by atoms with E-state index in [1.807, 2.05) is 51.1 Å². The van der Waals surface area contributed by atoms with Crippen LogP contribution in [0.5, 0.6) is 0 Å². The van der Waals surface area contributed by atoms with Crippen molar-refractivity contribution in [2.75, 3.05) is 0 Å². The van der Waals surface area contributed by atoms with Gasteiger partial charge in [0.25, 0.3) is 0 Å². The van der Waals surface area contributed by atoms with Crippen molar-refractivity contribution < 1.29 is 19.1 Å². The summed E-state index contributed by atoms with van der Waals surface area (Å²) in [5, 5.41) is 9.27. The van der Waals surface area contributed by atoms with E-state index < -0.39 is 5.60 Å². The van der Waals surface area contributed by atoms with Gasteiger partial charge in [0.2, 0.25) is 0 Å². The van der Waals surface area contributed by atoms with Crippen LogP contribution < -0.4 is 16.0 Å². The van der Waals surface area contributed by atoms with Crippen LogP contribution in [0, 0.1) is 0 Å². The van der Waals surface area contributed by atoms with Gasteiger partial charge in [0.1, 0.15) is 12.2 Å². The van der Waals surface area contributed by atoms with E-state index in [9.17, 15) is 9.59 Å². The van der Waals surface area contributed by atoms with Crippen molar-refractivity contribution in [1.29, 1.82) is 0 Å². The molecule has 2 atom stereocenters. The molecule has 7 heteroatoms. The number of hydrogen-bond donors (Lipinski definition) is 3. The molecule has 2 fully saturated rings. The smallest absolute Gasteiger partial charge is 0.407 e. The summed E-state index contributed by atoms with van der Waals surface area (Å²) in [5.74, 6) is 0. The largest absolute Gasteiger partial charge is 0.445 e. The van der Waals surface area contributed by atoms with Crippen LogP contribution in [0.2, 0.25) is 0 Å². The number of carbonyl (C=O) groups is 2. The lowest BCUT2D eigenvalue weighted by molar-refractivity contribution is 0.0520. The number of benzene rings is 1. The van der Waals surface area contributed by atoms with Gasteiger partial charge in [-0.05, 0) is 45.6 Å². The Labute approximate surface area is 160 Å². The van der Waals surface area contributed by atoms with Crippen molar-refractivity contribution >= 4 is 12.2 Å². The zero-order valence-electron chi connectivity index (χ0n) is 16.2. The average molecular weight is 375 g/mol. The van der Waals surface area contributed by atoms with E-state index in [1.165, 1.54) is 0 Å². The summed E-state index contributed by atoms with van der Waals surface area (Å²) < 4.78 is 10.5. The van der Waals surface area contributed by atoms with Gasteiger partial charge in [-0.25, -0.2) is 9.59 Å². The fraction of sp³-hybridized carbons (Fsp3) is 0.600. The van der Waals surface area contributed by atoms with Gasteiger partial charge < -0.3 is 25.4 Å². The number of ether oxygens (including phenoxy) is 2. The number of carbonyl (C=O) groups excluding carboxylic acids is 2. The summed E-state index contributed by atoms with van der Waals surface area (Å²) in [4.78, 5) is 23.6. The summed E-state index contributed by atoms with van der Waals surface area (Å²) in [6.45, 7) is 5.83. The molecule has 0 saturated heterocycles. The highest BCUT2D eigenvalue weighted by molar-refractivity contribution is 5.69. The van der Waals surface area contributed by atoms with Crippen molar-refractivity contribution in [2.45, 2.75) is 76.4 Å². The molecule has 0 bridgehead atoms. The Bertz CT molecular complexity index is 653. The maximum atomic E-state index is 11.8. The maximum absolute atomic E-state index is 11.8. The van der Waals surface area contributed by atoms with Gasteiger partial charge in [0.05, 0.1) is 0 Å². The van der Waals surface area contributed by atoms with Gasteiger partial charge in [0.15, 0.2) is 0 Å². The first-order valence-electron chi connectivity index (χ1n) is 9.51. The fourth-order valence-electron chi connectivity index (χ4n) is 3.10. The molecule has 27 heavy (non-hydrogen) atoms. The second-order valence-corrected chi connectivity index (χ2v) is 8.33. The van der Waals surface area contributed by atoms with Gasteiger partial charge in [-0.1, -0.05) is 30.3 Å². The Hall–Kier alpha value is -2.28. The second-order valence-electron chi connectivity index (χ2n) is 8.33. The van der Waals surface area contributed by atoms with E-state index in [0.717, 1.165) is 24.8 Å². The monoisotopic (exact) mass is 375 g/mol. The van der Waals surface area contributed by atoms with Gasteiger partial charge in [-0.2, -0.15) is 0 Å². The average Bonchev–Trinajstić information content (AvgIpc) is 3.27. The summed E-state index contributed by atoms with van der Waals surface area (Å²) in [7, 11) is 0. The zero-order chi connectivity index (χ0) is 19.4. The first kappa shape index (κ1) is 19.5. The van der Waals surface area contributed by atoms with Gasteiger partial charge in [-0.3, -0.25) is 0 Å². The third kappa shape index (κ3) is 6.43. The molecule has 0 aliphatic heterocycles. The Morgan fingerprint density at radius 1 is 0.963 bits per heavy atom. The molecule has 2 saturated carbocycles. The van der Waals surface area contributed by atoms with Crippen molar-refractivity contribution in [3.63, 3.8) is 0 Å². The molecule has 3 rings (SSSR count). The Morgan fingerprint density at radius 2 is 1.67 bits per heavy atom. The molecule has 1 aromatic carbocycles. The molecule has 0 spiro atoms. The highest BCUT2D eigenvalue weighted by Crippen LogP contribution is 2.28. The number of hydrogen-bond acceptors (Lipinski definition) is 5. The first-order chi connectivity index (χ1) is 12.8. The number of rotatable bonds is 6. The van der Waals surface area contributed by atoms with Crippen LogP contribution in [0.25, 0.3) is 0 Å². The molecule has 2 aliphatic carbocycles. The zero-order valence-corrected chi connectivity index (χ0v) is 16.2. The summed E-state index contributed by atoms with van der Waals surface area (Å²) in [6.07, 6.45) is 1.91. The highest BCUT2D eigenvalue weighted by Gasteiger charge is 2.43. The van der Waals surface area contributed by atoms with Crippen LogP contribution in [0.3, 0.4) is 0 Å². The minimum Gasteiger partial charge on any atom is -0.445 e. The van der Waals surface area contributed by atoms with Crippen LogP contribution in [0.15, 0.2) is 30.3 Å². The van der Waals surface area contributed by atoms with E-state index >= 15 is 0 Å². The lowest BCUT2D eigenvalue weighted by atomic mass is 9.87. The first-order valence-corrected chi connectivity index (χ1v) is 9.51. The molecule has 2 unspecified atom stereocenters. The molecular weight excluding hydrogens is 346 g/mol. The lowest BCUT2D eigenvalue weighted by Crippen LogP contribution is -2.53. The predicted molar refractivity (Wildman–Crippen MR) is 101 cm³/mol. The van der Waals surface area contributed by atoms with E-state index in [0.29, 0.717) is 6.04 Å². The quantitative estimate of drug-likeness (QED) is 0.711. The van der Waals surface area contributed by atoms with Gasteiger partial charge in [0, 0.05) is 24.2 Å². The van der Waals surface area contributed by atoms with Gasteiger partial charge in [-0.15, -0.1) is 0 Å². The fourth-order valence-corrected chi connectivity index (χ4v) is 3.10. The number of alkyl carbamates (subject to hydrolysis) is 2. The normalized spacial score (nSPS) is 26.5. The van der Waals surface area contributed by atoms with Crippen molar-refractivity contribution in [3.05, 3.63) is 35.9 Å². The minimum absolute atomic E-state index is 0.127. The number of nitrogens with one attached hydrogen (secondary N) is 3. The summed E-state index contributed by atoms with van der Waals surface area (Å²) >= 11 is 0. The minimum atomic E-state index is -0.482. The molecule has 0 radical (unpaired) electrons. The molecule has 0 aromatic heterocycles. The number of amides is 2. The Balaban J connectivity index is 1.25. The molecule has 1 aromatic rings.